The van der Waals surface area contributed by atoms with Crippen LogP contribution in [0.4, 0.5) is 0 Å². The van der Waals surface area contributed by atoms with E-state index in [1.54, 1.807) is 0 Å². The molecule has 0 spiro atoms. The van der Waals surface area contributed by atoms with Crippen molar-refractivity contribution in [1.82, 2.24) is 5.32 Å². The second kappa shape index (κ2) is 11.5. The molecule has 0 heterocycles. The van der Waals surface area contributed by atoms with Crippen LogP contribution < -0.4 is 5.32 Å². The fourth-order valence-electron chi connectivity index (χ4n) is 2.97. The number of hydrogen-bond acceptors (Lipinski definition) is 1. The number of nitrogens with one attached hydrogen (secondary N) is 1. The lowest BCUT2D eigenvalue weighted by Crippen LogP contribution is -2.03. The van der Waals surface area contributed by atoms with Crippen molar-refractivity contribution in [2.24, 2.45) is 5.92 Å². The first-order valence-electron chi connectivity index (χ1n) is 9.31. The largest absolute Gasteiger partial charge is 0.387 e. The van der Waals surface area contributed by atoms with Crippen LogP contribution in [0.1, 0.15) is 50.2 Å². The van der Waals surface area contributed by atoms with E-state index in [2.05, 4.69) is 85.2 Å². The molecule has 0 radical (unpaired) electrons. The first-order valence-corrected chi connectivity index (χ1v) is 9.31. The number of allylic oxidation sites excluding steroid dienone is 1. The Morgan fingerprint density at radius 3 is 2.17 bits per heavy atom. The molecule has 0 amide bonds. The van der Waals surface area contributed by atoms with Gasteiger partial charge in [-0.15, -0.1) is 0 Å². The van der Waals surface area contributed by atoms with Gasteiger partial charge in [-0.25, -0.2) is 0 Å². The third-order valence-corrected chi connectivity index (χ3v) is 4.46. The van der Waals surface area contributed by atoms with Crippen molar-refractivity contribution < 1.29 is 0 Å². The molecule has 0 fully saturated rings. The van der Waals surface area contributed by atoms with E-state index < -0.39 is 0 Å². The third kappa shape index (κ3) is 8.01. The number of hydrogen-bond donors (Lipinski definition) is 1. The van der Waals surface area contributed by atoms with Gasteiger partial charge in [-0.2, -0.15) is 0 Å². The quantitative estimate of drug-likeness (QED) is 0.492. The van der Waals surface area contributed by atoms with Crippen LogP contribution in [0.2, 0.25) is 0 Å². The zero-order valence-electron chi connectivity index (χ0n) is 15.0. The van der Waals surface area contributed by atoms with Crippen molar-refractivity contribution in [2.75, 3.05) is 0 Å². The number of aryl methyl sites for hydroxylation is 1. The number of unbranched alkanes of at least 4 members (excludes halogenated alkanes) is 1. The smallest absolute Gasteiger partial charge is 0.0395 e. The van der Waals surface area contributed by atoms with Gasteiger partial charge >= 0.3 is 0 Å². The van der Waals surface area contributed by atoms with E-state index in [1.807, 2.05) is 0 Å². The van der Waals surface area contributed by atoms with Gasteiger partial charge in [0.05, 0.1) is 0 Å². The van der Waals surface area contributed by atoms with Gasteiger partial charge in [0.25, 0.3) is 0 Å². The van der Waals surface area contributed by atoms with Gasteiger partial charge in [0.15, 0.2) is 0 Å². The molecule has 0 aliphatic heterocycles. The maximum atomic E-state index is 3.36. The van der Waals surface area contributed by atoms with Gasteiger partial charge < -0.3 is 5.32 Å². The first kappa shape index (κ1) is 18.3. The molecule has 24 heavy (non-hydrogen) atoms. The third-order valence-electron chi connectivity index (χ3n) is 4.46. The summed E-state index contributed by atoms with van der Waals surface area (Å²) in [5, 5.41) is 3.36. The Balaban J connectivity index is 1.47. The van der Waals surface area contributed by atoms with E-state index in [-0.39, 0.29) is 0 Å². The fourth-order valence-corrected chi connectivity index (χ4v) is 2.97. The molecule has 1 nitrogen and oxygen atoms in total. The molecule has 0 saturated carbocycles. The minimum Gasteiger partial charge on any atom is -0.387 e. The van der Waals surface area contributed by atoms with Crippen molar-refractivity contribution in [3.63, 3.8) is 0 Å². The average molecular weight is 322 g/mol. The lowest BCUT2D eigenvalue weighted by Gasteiger charge is -2.10. The van der Waals surface area contributed by atoms with E-state index in [1.165, 1.54) is 49.7 Å². The Morgan fingerprint density at radius 2 is 1.46 bits per heavy atom. The summed E-state index contributed by atoms with van der Waals surface area (Å²) in [6.07, 6.45) is 12.0. The van der Waals surface area contributed by atoms with Crippen LogP contribution >= 0.6 is 0 Å². The summed E-state index contributed by atoms with van der Waals surface area (Å²) in [7, 11) is 0. The summed E-state index contributed by atoms with van der Waals surface area (Å²) in [5.41, 5.74) is 2.80. The summed E-state index contributed by atoms with van der Waals surface area (Å²) in [6, 6.07) is 21.4. The van der Waals surface area contributed by atoms with Gasteiger partial charge in [0.2, 0.25) is 0 Å². The average Bonchev–Trinajstić information content (AvgIpc) is 2.63. The van der Waals surface area contributed by atoms with Crippen molar-refractivity contribution in [3.05, 3.63) is 84.1 Å². The predicted octanol–water partition coefficient (Wildman–Crippen LogP) is 6.12. The molecule has 0 aliphatic carbocycles. The summed E-state index contributed by atoms with van der Waals surface area (Å²) in [4.78, 5) is 0. The molecule has 128 valence electrons. The number of rotatable bonds is 11. The fraction of sp³-hybridized carbons (Fsp3) is 0.391. The molecule has 0 unspecified atom stereocenters. The van der Waals surface area contributed by atoms with Crippen LogP contribution in [0.25, 0.3) is 0 Å². The highest BCUT2D eigenvalue weighted by atomic mass is 14.8. The van der Waals surface area contributed by atoms with E-state index >= 15 is 0 Å². The summed E-state index contributed by atoms with van der Waals surface area (Å²) in [5.74, 6) is 0.833. The topological polar surface area (TPSA) is 12.0 Å². The van der Waals surface area contributed by atoms with Gasteiger partial charge in [0, 0.05) is 6.54 Å². The predicted molar refractivity (Wildman–Crippen MR) is 105 cm³/mol. The molecule has 2 aromatic rings. The Labute approximate surface area is 147 Å². The van der Waals surface area contributed by atoms with E-state index in [9.17, 15) is 0 Å². The normalized spacial score (nSPS) is 12.4. The second-order valence-corrected chi connectivity index (χ2v) is 6.68. The van der Waals surface area contributed by atoms with Gasteiger partial charge in [0.1, 0.15) is 0 Å². The molecule has 2 rings (SSSR count). The summed E-state index contributed by atoms with van der Waals surface area (Å²) < 4.78 is 0. The lowest BCUT2D eigenvalue weighted by molar-refractivity contribution is 0.461. The van der Waals surface area contributed by atoms with Gasteiger partial charge in [-0.3, -0.25) is 0 Å². The molecule has 1 heteroatoms. The van der Waals surface area contributed by atoms with Crippen LogP contribution in [-0.2, 0) is 13.0 Å². The first-order chi connectivity index (χ1) is 11.8. The van der Waals surface area contributed by atoms with E-state index in [4.69, 9.17) is 0 Å². The SMILES string of the molecule is C[C@H](CCC/C=C/NCc1ccccc1)CCCc1ccccc1. The van der Waals surface area contributed by atoms with Crippen molar-refractivity contribution >= 4 is 0 Å². The van der Waals surface area contributed by atoms with E-state index in [0.717, 1.165) is 12.5 Å². The van der Waals surface area contributed by atoms with Crippen molar-refractivity contribution in [1.29, 1.82) is 0 Å². The molecule has 0 aliphatic rings. The van der Waals surface area contributed by atoms with Crippen LogP contribution in [0.15, 0.2) is 72.9 Å². The minimum absolute atomic E-state index is 0.833. The monoisotopic (exact) mass is 321 g/mol. The van der Waals surface area contributed by atoms with Crippen LogP contribution in [0.5, 0.6) is 0 Å². The van der Waals surface area contributed by atoms with Crippen LogP contribution in [-0.4, -0.2) is 0 Å². The maximum Gasteiger partial charge on any atom is 0.0395 e. The molecule has 0 bridgehead atoms. The zero-order chi connectivity index (χ0) is 16.9. The molecule has 0 aromatic heterocycles. The highest BCUT2D eigenvalue weighted by molar-refractivity contribution is 5.15. The lowest BCUT2D eigenvalue weighted by atomic mass is 9.96. The number of benzene rings is 2. The highest BCUT2D eigenvalue weighted by Crippen LogP contribution is 2.16. The van der Waals surface area contributed by atoms with Gasteiger partial charge in [-0.05, 0) is 48.9 Å². The minimum atomic E-state index is 0.833. The highest BCUT2D eigenvalue weighted by Gasteiger charge is 2.01. The Kier molecular flexibility index (Phi) is 8.78. The van der Waals surface area contributed by atoms with Crippen LogP contribution in [0.3, 0.4) is 0 Å². The maximum absolute atomic E-state index is 3.36. The van der Waals surface area contributed by atoms with Gasteiger partial charge in [-0.1, -0.05) is 86.5 Å². The Morgan fingerprint density at radius 1 is 0.833 bits per heavy atom. The molecule has 1 N–H and O–H groups in total. The van der Waals surface area contributed by atoms with Crippen molar-refractivity contribution in [3.8, 4) is 0 Å². The molecule has 0 saturated heterocycles. The Hall–Kier alpha value is -2.02. The van der Waals surface area contributed by atoms with Crippen LogP contribution in [0, 0.1) is 5.92 Å². The second-order valence-electron chi connectivity index (χ2n) is 6.68. The van der Waals surface area contributed by atoms with Crippen molar-refractivity contribution in [2.45, 2.75) is 52.0 Å². The zero-order valence-corrected chi connectivity index (χ0v) is 15.0. The summed E-state index contributed by atoms with van der Waals surface area (Å²) in [6.45, 7) is 3.30. The molecular weight excluding hydrogens is 290 g/mol. The summed E-state index contributed by atoms with van der Waals surface area (Å²) >= 11 is 0. The Bertz CT molecular complexity index is 559. The standard InChI is InChI=1S/C23H31N/c1-21(13-11-18-22-14-6-2-7-15-22)12-5-4-10-19-24-20-23-16-8-3-9-17-23/h2-3,6-10,14-17,19,21,24H,4-5,11-13,18,20H2,1H3/b19-10+/t21-/m1/s1. The molecule has 1 atom stereocenters. The van der Waals surface area contributed by atoms with E-state index in [0.29, 0.717) is 0 Å². The molecular formula is C23H31N. The molecule has 2 aromatic carbocycles.